The fraction of sp³-hybridized carbons (Fsp3) is 0.714. The molecule has 1 saturated carbocycles. The third-order valence-corrected chi connectivity index (χ3v) is 5.82. The van der Waals surface area contributed by atoms with Crippen molar-refractivity contribution in [2.45, 2.75) is 51.2 Å². The quantitative estimate of drug-likeness (QED) is 0.625. The molecule has 19 heavy (non-hydrogen) atoms. The second kappa shape index (κ2) is 6.68. The van der Waals surface area contributed by atoms with E-state index in [1.54, 1.807) is 11.3 Å². The van der Waals surface area contributed by atoms with Crippen LogP contribution in [0.4, 0.5) is 0 Å². The Hall–Kier alpha value is 0.0600. The summed E-state index contributed by atoms with van der Waals surface area (Å²) in [6, 6.07) is 0.0517. The first kappa shape index (κ1) is 15.4. The molecular weight excluding hydrogens is 324 g/mol. The predicted octanol–water partition coefficient (Wildman–Crippen LogP) is 4.00. The molecule has 1 aliphatic rings. The van der Waals surface area contributed by atoms with E-state index in [0.717, 1.165) is 23.9 Å². The average Bonchev–Trinajstić information content (AvgIpc) is 2.77. The highest BCUT2D eigenvalue weighted by molar-refractivity contribution is 9.10. The first-order valence-corrected chi connectivity index (χ1v) is 8.68. The van der Waals surface area contributed by atoms with Gasteiger partial charge in [0.25, 0.3) is 0 Å². The summed E-state index contributed by atoms with van der Waals surface area (Å²) in [5, 5.41) is 4.26. The van der Waals surface area contributed by atoms with Crippen LogP contribution in [0, 0.1) is 5.92 Å². The Morgan fingerprint density at radius 3 is 2.95 bits per heavy atom. The van der Waals surface area contributed by atoms with Gasteiger partial charge in [0, 0.05) is 16.5 Å². The number of halogens is 1. The number of hydrogen-bond donors (Lipinski definition) is 2. The minimum atomic E-state index is -0.176. The van der Waals surface area contributed by atoms with Crippen LogP contribution in [0.15, 0.2) is 15.2 Å². The zero-order valence-corrected chi connectivity index (χ0v) is 14.0. The van der Waals surface area contributed by atoms with Crippen molar-refractivity contribution in [1.29, 1.82) is 0 Å². The lowest BCUT2D eigenvalue weighted by Crippen LogP contribution is -2.51. The van der Waals surface area contributed by atoms with Gasteiger partial charge in [-0.05, 0) is 52.6 Å². The number of nitrogens with two attached hydrogens (primary N) is 1. The third kappa shape index (κ3) is 3.22. The molecule has 0 spiro atoms. The van der Waals surface area contributed by atoms with Crippen molar-refractivity contribution >= 4 is 27.3 Å². The number of hydrogen-bond acceptors (Lipinski definition) is 4. The Labute approximate surface area is 128 Å². The molecule has 1 fully saturated rings. The minimum Gasteiger partial charge on any atom is -0.373 e. The maximum absolute atomic E-state index is 6.21. The normalized spacial score (nSPS) is 29.4. The molecule has 5 heteroatoms. The molecule has 0 aliphatic heterocycles. The molecule has 1 aromatic heterocycles. The van der Waals surface area contributed by atoms with E-state index in [1.807, 2.05) is 0 Å². The van der Waals surface area contributed by atoms with Crippen molar-refractivity contribution < 1.29 is 4.74 Å². The van der Waals surface area contributed by atoms with Crippen LogP contribution in [0.1, 0.15) is 51.1 Å². The monoisotopic (exact) mass is 346 g/mol. The average molecular weight is 347 g/mol. The molecule has 0 bridgehead atoms. The molecule has 0 saturated heterocycles. The van der Waals surface area contributed by atoms with Crippen LogP contribution in [0.2, 0.25) is 0 Å². The molecular formula is C14H23BrN2OS. The Morgan fingerprint density at radius 2 is 2.42 bits per heavy atom. The van der Waals surface area contributed by atoms with Crippen LogP contribution < -0.4 is 11.3 Å². The molecule has 1 aromatic rings. The summed E-state index contributed by atoms with van der Waals surface area (Å²) in [5.41, 5.74) is 4.05. The molecule has 3 atom stereocenters. The standard InChI is InChI=1S/C14H23BrN2OS/c1-3-18-14(6-4-5-10(2)7-14)13(17-16)11-8-19-9-12(11)15/h8-10,13,17H,3-7,16H2,1-2H3. The van der Waals surface area contributed by atoms with Gasteiger partial charge in [-0.2, -0.15) is 11.3 Å². The highest BCUT2D eigenvalue weighted by atomic mass is 79.9. The van der Waals surface area contributed by atoms with E-state index in [-0.39, 0.29) is 11.6 Å². The van der Waals surface area contributed by atoms with Gasteiger partial charge < -0.3 is 4.74 Å². The number of rotatable bonds is 5. The van der Waals surface area contributed by atoms with Crippen molar-refractivity contribution in [3.8, 4) is 0 Å². The van der Waals surface area contributed by atoms with Crippen molar-refractivity contribution in [3.05, 3.63) is 20.8 Å². The smallest absolute Gasteiger partial charge is 0.0892 e. The summed E-state index contributed by atoms with van der Waals surface area (Å²) in [7, 11) is 0. The lowest BCUT2D eigenvalue weighted by atomic mass is 9.73. The second-order valence-electron chi connectivity index (χ2n) is 5.47. The Bertz CT molecular complexity index is 408. The topological polar surface area (TPSA) is 47.3 Å². The van der Waals surface area contributed by atoms with E-state index in [4.69, 9.17) is 10.6 Å². The van der Waals surface area contributed by atoms with Crippen molar-refractivity contribution in [2.75, 3.05) is 6.61 Å². The molecule has 0 radical (unpaired) electrons. The molecule has 3 N–H and O–H groups in total. The van der Waals surface area contributed by atoms with E-state index in [0.29, 0.717) is 5.92 Å². The SMILES string of the molecule is CCOC1(C(NN)c2cscc2Br)CCCC(C)C1. The molecule has 3 unspecified atom stereocenters. The zero-order valence-electron chi connectivity index (χ0n) is 11.6. The van der Waals surface area contributed by atoms with Gasteiger partial charge in [0.1, 0.15) is 0 Å². The first-order valence-electron chi connectivity index (χ1n) is 6.94. The van der Waals surface area contributed by atoms with E-state index in [9.17, 15) is 0 Å². The Balaban J connectivity index is 2.32. The van der Waals surface area contributed by atoms with Gasteiger partial charge in [0.15, 0.2) is 0 Å². The van der Waals surface area contributed by atoms with E-state index >= 15 is 0 Å². The first-order chi connectivity index (χ1) is 9.13. The molecule has 2 rings (SSSR count). The van der Waals surface area contributed by atoms with Gasteiger partial charge in [-0.25, -0.2) is 5.43 Å². The van der Waals surface area contributed by atoms with E-state index in [2.05, 4.69) is 46.0 Å². The van der Waals surface area contributed by atoms with Gasteiger partial charge in [0.05, 0.1) is 11.6 Å². The molecule has 1 aliphatic carbocycles. The fourth-order valence-electron chi connectivity index (χ4n) is 3.33. The molecule has 1 heterocycles. The number of thiophene rings is 1. The van der Waals surface area contributed by atoms with Crippen LogP contribution in [0.25, 0.3) is 0 Å². The van der Waals surface area contributed by atoms with Crippen molar-refractivity contribution in [1.82, 2.24) is 5.43 Å². The summed E-state index contributed by atoms with van der Waals surface area (Å²) in [6.45, 7) is 5.10. The second-order valence-corrected chi connectivity index (χ2v) is 7.07. The molecule has 0 aromatic carbocycles. The summed E-state index contributed by atoms with van der Waals surface area (Å²) in [4.78, 5) is 0. The van der Waals surface area contributed by atoms with Gasteiger partial charge in [-0.1, -0.05) is 19.8 Å². The summed E-state index contributed by atoms with van der Waals surface area (Å²) < 4.78 is 7.34. The van der Waals surface area contributed by atoms with Crippen LogP contribution in [0.3, 0.4) is 0 Å². The number of hydrazine groups is 1. The van der Waals surface area contributed by atoms with Crippen LogP contribution in [-0.2, 0) is 4.74 Å². The zero-order chi connectivity index (χ0) is 13.9. The third-order valence-electron chi connectivity index (χ3n) is 4.07. The Morgan fingerprint density at radius 1 is 1.63 bits per heavy atom. The van der Waals surface area contributed by atoms with E-state index in [1.165, 1.54) is 18.4 Å². The Kier molecular flexibility index (Phi) is 5.43. The fourth-order valence-corrected chi connectivity index (χ4v) is 4.88. The summed E-state index contributed by atoms with van der Waals surface area (Å²) >= 11 is 5.32. The molecule has 0 amide bonds. The highest BCUT2D eigenvalue weighted by Gasteiger charge is 2.43. The predicted molar refractivity (Wildman–Crippen MR) is 84.1 cm³/mol. The lowest BCUT2D eigenvalue weighted by molar-refractivity contribution is -0.102. The van der Waals surface area contributed by atoms with Crippen LogP contribution in [-0.4, -0.2) is 12.2 Å². The van der Waals surface area contributed by atoms with Gasteiger partial charge in [-0.15, -0.1) is 0 Å². The largest absolute Gasteiger partial charge is 0.373 e. The van der Waals surface area contributed by atoms with Crippen LogP contribution >= 0.6 is 27.3 Å². The summed E-state index contributed by atoms with van der Waals surface area (Å²) in [6.07, 6.45) is 4.64. The summed E-state index contributed by atoms with van der Waals surface area (Å²) in [5.74, 6) is 6.57. The van der Waals surface area contributed by atoms with Crippen molar-refractivity contribution in [3.63, 3.8) is 0 Å². The highest BCUT2D eigenvalue weighted by Crippen LogP contribution is 2.45. The van der Waals surface area contributed by atoms with Gasteiger partial charge in [-0.3, -0.25) is 5.84 Å². The molecule has 3 nitrogen and oxygen atoms in total. The molecule has 108 valence electrons. The maximum Gasteiger partial charge on any atom is 0.0892 e. The lowest BCUT2D eigenvalue weighted by Gasteiger charge is -2.45. The number of ether oxygens (including phenoxy) is 1. The maximum atomic E-state index is 6.21. The number of nitrogens with one attached hydrogen (secondary N) is 1. The minimum absolute atomic E-state index is 0.0517. The van der Waals surface area contributed by atoms with Gasteiger partial charge in [0.2, 0.25) is 0 Å². The van der Waals surface area contributed by atoms with Crippen LogP contribution in [0.5, 0.6) is 0 Å². The van der Waals surface area contributed by atoms with Gasteiger partial charge >= 0.3 is 0 Å². The van der Waals surface area contributed by atoms with E-state index < -0.39 is 0 Å². The van der Waals surface area contributed by atoms with Crippen molar-refractivity contribution in [2.24, 2.45) is 11.8 Å².